The van der Waals surface area contributed by atoms with E-state index in [1.165, 1.54) is 11.3 Å². The molecular formula is C17H12ClNO5S. The lowest BCUT2D eigenvalue weighted by Crippen LogP contribution is -2.33. The molecule has 2 amide bonds. The summed E-state index contributed by atoms with van der Waals surface area (Å²) in [7, 11) is 0. The van der Waals surface area contributed by atoms with Crippen molar-refractivity contribution < 1.29 is 23.5 Å². The van der Waals surface area contributed by atoms with Crippen molar-refractivity contribution >= 4 is 51.7 Å². The molecule has 6 nitrogen and oxygen atoms in total. The van der Waals surface area contributed by atoms with Crippen LogP contribution in [-0.4, -0.2) is 24.4 Å². The first-order valence-electron chi connectivity index (χ1n) is 7.19. The molecule has 2 heterocycles. The van der Waals surface area contributed by atoms with Gasteiger partial charge in [0.25, 0.3) is 11.8 Å². The minimum atomic E-state index is -0.788. The zero-order chi connectivity index (χ0) is 18.0. The Kier molecular flexibility index (Phi) is 4.87. The molecule has 0 fully saturated rings. The lowest BCUT2D eigenvalue weighted by atomic mass is 10.1. The van der Waals surface area contributed by atoms with E-state index in [-0.39, 0.29) is 5.76 Å². The molecule has 0 aliphatic rings. The minimum absolute atomic E-state index is 0.00495. The van der Waals surface area contributed by atoms with Crippen LogP contribution in [0.25, 0.3) is 11.0 Å². The van der Waals surface area contributed by atoms with Gasteiger partial charge in [-0.15, -0.1) is 11.3 Å². The van der Waals surface area contributed by atoms with Gasteiger partial charge in [0.15, 0.2) is 6.61 Å². The number of carbonyl (C=O) groups excluding carboxylic acids is 3. The molecule has 1 N–H and O–H groups in total. The normalized spacial score (nSPS) is 10.6. The van der Waals surface area contributed by atoms with Crippen molar-refractivity contribution in [2.24, 2.45) is 0 Å². The van der Waals surface area contributed by atoms with Crippen molar-refractivity contribution in [3.63, 3.8) is 0 Å². The quantitative estimate of drug-likeness (QED) is 0.702. The van der Waals surface area contributed by atoms with E-state index in [0.29, 0.717) is 26.4 Å². The smallest absolute Gasteiger partial charge is 0.375 e. The number of aryl methyl sites for hydroxylation is 1. The Labute approximate surface area is 151 Å². The van der Waals surface area contributed by atoms with Gasteiger partial charge in [-0.1, -0.05) is 17.7 Å². The molecule has 3 rings (SSSR count). The summed E-state index contributed by atoms with van der Waals surface area (Å²) in [5.41, 5.74) is 1.06. The second kappa shape index (κ2) is 7.08. The van der Waals surface area contributed by atoms with E-state index in [1.807, 2.05) is 0 Å². The highest BCUT2D eigenvalue weighted by molar-refractivity contribution is 7.12. The fourth-order valence-electron chi connectivity index (χ4n) is 2.22. The summed E-state index contributed by atoms with van der Waals surface area (Å²) in [6.45, 7) is 1.10. The van der Waals surface area contributed by atoms with E-state index >= 15 is 0 Å². The van der Waals surface area contributed by atoms with E-state index in [2.05, 4.69) is 5.32 Å². The number of imide groups is 1. The first-order valence-corrected chi connectivity index (χ1v) is 8.45. The van der Waals surface area contributed by atoms with Crippen LogP contribution in [-0.2, 0) is 9.53 Å². The van der Waals surface area contributed by atoms with E-state index < -0.39 is 24.4 Å². The zero-order valence-electron chi connectivity index (χ0n) is 13.0. The van der Waals surface area contributed by atoms with Crippen LogP contribution < -0.4 is 5.32 Å². The largest absolute Gasteiger partial charge is 0.450 e. The van der Waals surface area contributed by atoms with Gasteiger partial charge in [0.05, 0.1) is 4.88 Å². The van der Waals surface area contributed by atoms with Crippen LogP contribution in [0, 0.1) is 6.92 Å². The predicted octanol–water partition coefficient (Wildman–Crippen LogP) is 3.57. The van der Waals surface area contributed by atoms with Gasteiger partial charge in [-0.05, 0) is 36.6 Å². The van der Waals surface area contributed by atoms with E-state index in [0.717, 1.165) is 0 Å². The Balaban J connectivity index is 1.63. The number of hydrogen-bond donors (Lipinski definition) is 1. The molecule has 1 aromatic carbocycles. The fourth-order valence-corrected chi connectivity index (χ4v) is 3.01. The minimum Gasteiger partial charge on any atom is -0.450 e. The van der Waals surface area contributed by atoms with Gasteiger partial charge in [-0.2, -0.15) is 0 Å². The maximum Gasteiger partial charge on any atom is 0.375 e. The van der Waals surface area contributed by atoms with Crippen molar-refractivity contribution in [3.05, 3.63) is 56.9 Å². The molecule has 0 unspecified atom stereocenters. The molecular weight excluding hydrogens is 366 g/mol. The van der Waals surface area contributed by atoms with Gasteiger partial charge >= 0.3 is 5.97 Å². The summed E-state index contributed by atoms with van der Waals surface area (Å²) in [4.78, 5) is 36.0. The van der Waals surface area contributed by atoms with Crippen LogP contribution in [0.3, 0.4) is 0 Å². The molecule has 25 heavy (non-hydrogen) atoms. The van der Waals surface area contributed by atoms with Crippen LogP contribution in [0.4, 0.5) is 0 Å². The van der Waals surface area contributed by atoms with Crippen LogP contribution in [0.1, 0.15) is 25.8 Å². The fraction of sp³-hybridized carbons (Fsp3) is 0.118. The van der Waals surface area contributed by atoms with Gasteiger partial charge < -0.3 is 9.15 Å². The number of nitrogens with one attached hydrogen (secondary N) is 1. The Hall–Kier alpha value is -2.64. The molecule has 0 radical (unpaired) electrons. The highest BCUT2D eigenvalue weighted by Gasteiger charge is 2.21. The number of thiophene rings is 1. The molecule has 0 spiro atoms. The standard InChI is InChI=1S/C17H12ClNO5S/c1-9-11-7-10(18)4-5-12(11)24-15(9)17(22)23-8-14(20)19-16(21)13-3-2-6-25-13/h2-7H,8H2,1H3,(H,19,20,21). The van der Waals surface area contributed by atoms with Gasteiger partial charge in [-0.3, -0.25) is 14.9 Å². The zero-order valence-corrected chi connectivity index (χ0v) is 14.6. The second-order valence-electron chi connectivity index (χ2n) is 5.13. The first-order chi connectivity index (χ1) is 12.0. The average Bonchev–Trinajstić information content (AvgIpc) is 3.22. The van der Waals surface area contributed by atoms with E-state index in [1.54, 1.807) is 42.6 Å². The van der Waals surface area contributed by atoms with E-state index in [4.69, 9.17) is 20.8 Å². The van der Waals surface area contributed by atoms with Crippen molar-refractivity contribution in [1.82, 2.24) is 5.32 Å². The number of fused-ring (bicyclic) bond motifs is 1. The van der Waals surface area contributed by atoms with Crippen molar-refractivity contribution in [1.29, 1.82) is 0 Å². The highest BCUT2D eigenvalue weighted by atomic mass is 35.5. The third-order valence-corrected chi connectivity index (χ3v) is 4.52. The molecule has 0 aliphatic carbocycles. The number of halogens is 1. The molecule has 128 valence electrons. The van der Waals surface area contributed by atoms with Crippen LogP contribution in [0.2, 0.25) is 5.02 Å². The lowest BCUT2D eigenvalue weighted by Gasteiger charge is -2.04. The number of amides is 2. The summed E-state index contributed by atoms with van der Waals surface area (Å²) in [5.74, 6) is -2.05. The Bertz CT molecular complexity index is 961. The topological polar surface area (TPSA) is 85.6 Å². The highest BCUT2D eigenvalue weighted by Crippen LogP contribution is 2.28. The second-order valence-corrected chi connectivity index (χ2v) is 6.51. The first kappa shape index (κ1) is 17.2. The summed E-state index contributed by atoms with van der Waals surface area (Å²) in [5, 5.41) is 5.07. The van der Waals surface area contributed by atoms with Crippen LogP contribution >= 0.6 is 22.9 Å². The Morgan fingerprint density at radius 3 is 2.80 bits per heavy atom. The molecule has 0 aliphatic heterocycles. The van der Waals surface area contributed by atoms with Crippen molar-refractivity contribution in [3.8, 4) is 0 Å². The van der Waals surface area contributed by atoms with Gasteiger partial charge in [0.2, 0.25) is 5.76 Å². The molecule has 0 bridgehead atoms. The summed E-state index contributed by atoms with van der Waals surface area (Å²) >= 11 is 7.13. The molecule has 0 saturated heterocycles. The van der Waals surface area contributed by atoms with Crippen molar-refractivity contribution in [2.75, 3.05) is 6.61 Å². The van der Waals surface area contributed by atoms with Crippen LogP contribution in [0.5, 0.6) is 0 Å². The summed E-state index contributed by atoms with van der Waals surface area (Å²) in [6, 6.07) is 8.25. The maximum atomic E-state index is 12.1. The number of benzene rings is 1. The number of furan rings is 1. The lowest BCUT2D eigenvalue weighted by molar-refractivity contribution is -0.123. The summed E-state index contributed by atoms with van der Waals surface area (Å²) in [6.07, 6.45) is 0. The molecule has 2 aromatic heterocycles. The third-order valence-electron chi connectivity index (χ3n) is 3.42. The number of ether oxygens (including phenoxy) is 1. The Morgan fingerprint density at radius 2 is 2.08 bits per heavy atom. The molecule has 3 aromatic rings. The molecule has 0 saturated carbocycles. The van der Waals surface area contributed by atoms with Crippen LogP contribution in [0.15, 0.2) is 40.1 Å². The number of esters is 1. The van der Waals surface area contributed by atoms with Gasteiger partial charge in [0.1, 0.15) is 5.58 Å². The monoisotopic (exact) mass is 377 g/mol. The average molecular weight is 378 g/mol. The SMILES string of the molecule is Cc1c(C(=O)OCC(=O)NC(=O)c2cccs2)oc2ccc(Cl)cc12. The Morgan fingerprint density at radius 1 is 1.28 bits per heavy atom. The van der Waals surface area contributed by atoms with Gasteiger partial charge in [0, 0.05) is 16.0 Å². The molecule has 0 atom stereocenters. The predicted molar refractivity (Wildman–Crippen MR) is 93.0 cm³/mol. The van der Waals surface area contributed by atoms with Gasteiger partial charge in [-0.25, -0.2) is 4.79 Å². The number of rotatable bonds is 4. The third kappa shape index (κ3) is 3.72. The van der Waals surface area contributed by atoms with E-state index in [9.17, 15) is 14.4 Å². The van der Waals surface area contributed by atoms with Crippen molar-refractivity contribution in [2.45, 2.75) is 6.92 Å². The number of carbonyl (C=O) groups is 3. The molecule has 8 heteroatoms. The number of hydrogen-bond acceptors (Lipinski definition) is 6. The maximum absolute atomic E-state index is 12.1. The summed E-state index contributed by atoms with van der Waals surface area (Å²) < 4.78 is 10.4.